The molecule has 21 heavy (non-hydrogen) atoms. The lowest BCUT2D eigenvalue weighted by atomic mass is 9.95. The highest BCUT2D eigenvalue weighted by Gasteiger charge is 2.31. The first kappa shape index (κ1) is 15.2. The van der Waals surface area contributed by atoms with E-state index < -0.39 is 16.8 Å². The first-order chi connectivity index (χ1) is 9.88. The van der Waals surface area contributed by atoms with E-state index in [9.17, 15) is 20.0 Å². The summed E-state index contributed by atoms with van der Waals surface area (Å²) in [6.45, 7) is 0. The second-order valence-electron chi connectivity index (χ2n) is 4.55. The Labute approximate surface area is 128 Å². The van der Waals surface area contributed by atoms with Crippen LogP contribution in [0.1, 0.15) is 17.2 Å². The van der Waals surface area contributed by atoms with Gasteiger partial charge in [0.25, 0.3) is 0 Å². The van der Waals surface area contributed by atoms with Gasteiger partial charge in [0, 0.05) is 11.5 Å². The lowest BCUT2D eigenvalue weighted by Crippen LogP contribution is -2.16. The smallest absolute Gasteiger partial charge is 0.313 e. The van der Waals surface area contributed by atoms with Crippen molar-refractivity contribution < 1.29 is 14.8 Å². The number of aromatic nitrogens is 2. The van der Waals surface area contributed by atoms with Gasteiger partial charge in [-0.25, -0.2) is 0 Å². The quantitative estimate of drug-likeness (QED) is 0.657. The number of aryl methyl sites for hydroxylation is 1. The van der Waals surface area contributed by atoms with E-state index in [1.165, 1.54) is 17.9 Å². The first-order valence-electron chi connectivity index (χ1n) is 6.03. The zero-order valence-corrected chi connectivity index (χ0v) is 12.6. The van der Waals surface area contributed by atoms with Gasteiger partial charge >= 0.3 is 11.7 Å². The van der Waals surface area contributed by atoms with E-state index in [0.717, 1.165) is 10.0 Å². The molecule has 0 bridgehead atoms. The van der Waals surface area contributed by atoms with Crippen LogP contribution in [0.2, 0.25) is 0 Å². The fraction of sp³-hybridized carbons (Fsp3) is 0.231. The van der Waals surface area contributed by atoms with Gasteiger partial charge in [-0.3, -0.25) is 19.6 Å². The number of nitro groups is 1. The van der Waals surface area contributed by atoms with Crippen LogP contribution < -0.4 is 0 Å². The number of carboxylic acid groups (broad SMARTS) is 1. The minimum atomic E-state index is -1.14. The Hall–Kier alpha value is -2.22. The molecule has 0 aliphatic rings. The predicted molar refractivity (Wildman–Crippen MR) is 78.1 cm³/mol. The standard InChI is InChI=1S/C13H12BrN3O4/c1-16-7-11(17(20)21)12(15-16)10(13(18)19)6-8-2-4-9(14)5-3-8/h2-5,7,10H,6H2,1H3,(H,18,19). The highest BCUT2D eigenvalue weighted by atomic mass is 79.9. The van der Waals surface area contributed by atoms with Crippen molar-refractivity contribution in [2.75, 3.05) is 0 Å². The third-order valence-corrected chi connectivity index (χ3v) is 3.54. The Morgan fingerprint density at radius 1 is 1.48 bits per heavy atom. The van der Waals surface area contributed by atoms with Crippen molar-refractivity contribution in [3.63, 3.8) is 0 Å². The van der Waals surface area contributed by atoms with E-state index in [1.807, 2.05) is 0 Å². The summed E-state index contributed by atoms with van der Waals surface area (Å²) in [5.41, 5.74) is 0.463. The molecule has 8 heteroatoms. The van der Waals surface area contributed by atoms with Gasteiger partial charge in [0.15, 0.2) is 5.69 Å². The van der Waals surface area contributed by atoms with E-state index >= 15 is 0 Å². The number of nitrogens with zero attached hydrogens (tertiary/aromatic N) is 3. The zero-order chi connectivity index (χ0) is 15.6. The monoisotopic (exact) mass is 353 g/mol. The van der Waals surface area contributed by atoms with Crippen molar-refractivity contribution in [3.8, 4) is 0 Å². The van der Waals surface area contributed by atoms with Crippen LogP contribution in [0.4, 0.5) is 5.69 Å². The van der Waals surface area contributed by atoms with Crippen molar-refractivity contribution in [1.29, 1.82) is 0 Å². The summed E-state index contributed by atoms with van der Waals surface area (Å²) in [4.78, 5) is 21.9. The van der Waals surface area contributed by atoms with Gasteiger partial charge in [0.1, 0.15) is 12.1 Å². The van der Waals surface area contributed by atoms with Crippen LogP contribution in [-0.2, 0) is 18.3 Å². The molecule has 2 rings (SSSR count). The molecule has 0 spiro atoms. The number of hydrogen-bond donors (Lipinski definition) is 1. The number of carboxylic acids is 1. The van der Waals surface area contributed by atoms with Crippen LogP contribution in [0.15, 0.2) is 34.9 Å². The maximum absolute atomic E-state index is 11.5. The van der Waals surface area contributed by atoms with E-state index in [0.29, 0.717) is 0 Å². The maximum Gasteiger partial charge on any atom is 0.313 e. The summed E-state index contributed by atoms with van der Waals surface area (Å²) >= 11 is 3.30. The van der Waals surface area contributed by atoms with Crippen LogP contribution in [0.5, 0.6) is 0 Å². The summed E-state index contributed by atoms with van der Waals surface area (Å²) in [6, 6.07) is 7.13. The number of halogens is 1. The lowest BCUT2D eigenvalue weighted by Gasteiger charge is -2.09. The van der Waals surface area contributed by atoms with E-state index in [4.69, 9.17) is 0 Å². The zero-order valence-electron chi connectivity index (χ0n) is 11.1. The lowest BCUT2D eigenvalue weighted by molar-refractivity contribution is -0.385. The van der Waals surface area contributed by atoms with E-state index in [2.05, 4.69) is 21.0 Å². The van der Waals surface area contributed by atoms with Crippen molar-refractivity contribution in [3.05, 3.63) is 56.3 Å². The van der Waals surface area contributed by atoms with Gasteiger partial charge in [-0.2, -0.15) is 5.10 Å². The molecule has 1 aromatic heterocycles. The third-order valence-electron chi connectivity index (χ3n) is 3.01. The molecule has 0 amide bonds. The van der Waals surface area contributed by atoms with Crippen molar-refractivity contribution in [2.24, 2.45) is 7.05 Å². The van der Waals surface area contributed by atoms with Crippen LogP contribution in [-0.4, -0.2) is 25.8 Å². The Bertz CT molecular complexity index is 681. The minimum Gasteiger partial charge on any atom is -0.481 e. The van der Waals surface area contributed by atoms with Gasteiger partial charge in [-0.1, -0.05) is 28.1 Å². The molecule has 1 unspecified atom stereocenters. The average Bonchev–Trinajstić information content (AvgIpc) is 2.79. The molecule has 0 saturated heterocycles. The topological polar surface area (TPSA) is 98.3 Å². The van der Waals surface area contributed by atoms with Crippen molar-refractivity contribution >= 4 is 27.6 Å². The van der Waals surface area contributed by atoms with Gasteiger partial charge < -0.3 is 5.11 Å². The fourth-order valence-electron chi connectivity index (χ4n) is 2.04. The van der Waals surface area contributed by atoms with Crippen LogP contribution >= 0.6 is 15.9 Å². The Kier molecular flexibility index (Phi) is 4.37. The number of hydrogen-bond acceptors (Lipinski definition) is 4. The molecule has 7 nitrogen and oxygen atoms in total. The largest absolute Gasteiger partial charge is 0.481 e. The third kappa shape index (κ3) is 3.46. The second-order valence-corrected chi connectivity index (χ2v) is 5.47. The molecule has 0 aliphatic carbocycles. The first-order valence-corrected chi connectivity index (χ1v) is 6.83. The van der Waals surface area contributed by atoms with Crippen molar-refractivity contribution in [1.82, 2.24) is 9.78 Å². The molecule has 110 valence electrons. The average molecular weight is 354 g/mol. The number of rotatable bonds is 5. The van der Waals surface area contributed by atoms with E-state index in [-0.39, 0.29) is 17.8 Å². The molecule has 0 fully saturated rings. The summed E-state index contributed by atoms with van der Waals surface area (Å²) in [6.07, 6.45) is 1.35. The normalized spacial score (nSPS) is 12.1. The van der Waals surface area contributed by atoms with E-state index in [1.54, 1.807) is 24.3 Å². The van der Waals surface area contributed by atoms with Crippen LogP contribution in [0.3, 0.4) is 0 Å². The second kappa shape index (κ2) is 6.04. The minimum absolute atomic E-state index is 0.0297. The molecule has 0 aliphatic heterocycles. The molecule has 1 heterocycles. The molecule has 1 atom stereocenters. The summed E-state index contributed by atoms with van der Waals surface area (Å²) in [7, 11) is 1.52. The molecule has 1 aromatic carbocycles. The van der Waals surface area contributed by atoms with Gasteiger partial charge in [0.2, 0.25) is 0 Å². The van der Waals surface area contributed by atoms with Gasteiger partial charge in [0.05, 0.1) is 4.92 Å². The number of carbonyl (C=O) groups is 1. The Morgan fingerprint density at radius 3 is 2.62 bits per heavy atom. The molecule has 1 N–H and O–H groups in total. The summed E-state index contributed by atoms with van der Waals surface area (Å²) in [5, 5.41) is 24.3. The molecular weight excluding hydrogens is 342 g/mol. The molecule has 0 saturated carbocycles. The Morgan fingerprint density at radius 2 is 2.10 bits per heavy atom. The molecular formula is C13H12BrN3O4. The SMILES string of the molecule is Cn1cc([N+](=O)[O-])c(C(Cc2ccc(Br)cc2)C(=O)O)n1. The predicted octanol–water partition coefficient (Wildman–Crippen LogP) is 2.50. The Balaban J connectivity index is 2.38. The number of aliphatic carboxylic acids is 1. The highest BCUT2D eigenvalue weighted by Crippen LogP contribution is 2.28. The van der Waals surface area contributed by atoms with Crippen LogP contribution in [0.25, 0.3) is 0 Å². The number of benzene rings is 1. The van der Waals surface area contributed by atoms with Crippen molar-refractivity contribution in [2.45, 2.75) is 12.3 Å². The fourth-order valence-corrected chi connectivity index (χ4v) is 2.30. The van der Waals surface area contributed by atoms with Gasteiger partial charge in [-0.15, -0.1) is 0 Å². The summed E-state index contributed by atoms with van der Waals surface area (Å²) < 4.78 is 2.13. The summed E-state index contributed by atoms with van der Waals surface area (Å²) in [5.74, 6) is -2.20. The maximum atomic E-state index is 11.5. The molecule has 0 radical (unpaired) electrons. The molecule has 2 aromatic rings. The van der Waals surface area contributed by atoms with Gasteiger partial charge in [-0.05, 0) is 24.1 Å². The van der Waals surface area contributed by atoms with Crippen LogP contribution in [0, 0.1) is 10.1 Å². The highest BCUT2D eigenvalue weighted by molar-refractivity contribution is 9.10.